The van der Waals surface area contributed by atoms with Gasteiger partial charge in [-0.3, -0.25) is 9.78 Å². The fourth-order valence-electron chi connectivity index (χ4n) is 2.44. The van der Waals surface area contributed by atoms with Gasteiger partial charge in [-0.1, -0.05) is 0 Å². The first-order valence-electron chi connectivity index (χ1n) is 8.25. The number of rotatable bonds is 6. The third-order valence-electron chi connectivity index (χ3n) is 3.96. The van der Waals surface area contributed by atoms with Crippen molar-refractivity contribution in [1.29, 1.82) is 0 Å². The number of nitrogens with zero attached hydrogens (tertiary/aromatic N) is 3. The van der Waals surface area contributed by atoms with Gasteiger partial charge in [-0.2, -0.15) is 0 Å². The molecule has 1 aromatic carbocycles. The molecule has 1 N–H and O–H groups in total. The number of nitrogens with one attached hydrogen (secondary N) is 1. The van der Waals surface area contributed by atoms with Crippen molar-refractivity contribution in [1.82, 2.24) is 14.9 Å². The molecule has 2 heterocycles. The molecule has 1 amide bonds. The summed E-state index contributed by atoms with van der Waals surface area (Å²) in [4.78, 5) is 22.4. The van der Waals surface area contributed by atoms with Crippen LogP contribution in [-0.4, -0.2) is 34.4 Å². The molecule has 0 aliphatic rings. The molecule has 132 valence electrons. The predicted molar refractivity (Wildman–Crippen MR) is 98.8 cm³/mol. The number of anilines is 2. The Morgan fingerprint density at radius 3 is 2.46 bits per heavy atom. The summed E-state index contributed by atoms with van der Waals surface area (Å²) in [5.74, 6) is 0.215. The summed E-state index contributed by atoms with van der Waals surface area (Å²) < 4.78 is 12.9. The maximum absolute atomic E-state index is 12.9. The van der Waals surface area contributed by atoms with Gasteiger partial charge in [-0.25, -0.2) is 9.37 Å². The molecule has 3 rings (SSSR count). The van der Waals surface area contributed by atoms with Crippen molar-refractivity contribution >= 4 is 17.4 Å². The average Bonchev–Trinajstić information content (AvgIpc) is 2.69. The number of hydrogen-bond donors (Lipinski definition) is 1. The van der Waals surface area contributed by atoms with Crippen molar-refractivity contribution in [3.8, 4) is 0 Å². The van der Waals surface area contributed by atoms with Gasteiger partial charge in [0.25, 0.3) is 5.91 Å². The molecule has 2 aromatic heterocycles. The lowest BCUT2D eigenvalue weighted by Gasteiger charge is -2.17. The lowest BCUT2D eigenvalue weighted by molar-refractivity contribution is 0.0796. The molecule has 0 aliphatic carbocycles. The SMILES string of the molecule is CN(CCc1ccncc1)C(=O)c1ccc(Nc2ccc(F)cc2)nc1. The summed E-state index contributed by atoms with van der Waals surface area (Å²) >= 11 is 0. The molecule has 0 atom stereocenters. The van der Waals surface area contributed by atoms with Crippen LogP contribution in [-0.2, 0) is 6.42 Å². The van der Waals surface area contributed by atoms with Gasteiger partial charge < -0.3 is 10.2 Å². The van der Waals surface area contributed by atoms with Crippen LogP contribution in [0.2, 0.25) is 0 Å². The van der Waals surface area contributed by atoms with E-state index >= 15 is 0 Å². The minimum atomic E-state index is -0.292. The Labute approximate surface area is 151 Å². The summed E-state index contributed by atoms with van der Waals surface area (Å²) in [5.41, 5.74) is 2.39. The highest BCUT2D eigenvalue weighted by molar-refractivity contribution is 5.94. The highest BCUT2D eigenvalue weighted by Gasteiger charge is 2.12. The molecule has 0 radical (unpaired) electrons. The zero-order valence-electron chi connectivity index (χ0n) is 14.4. The Morgan fingerprint density at radius 1 is 1.08 bits per heavy atom. The number of amides is 1. The third-order valence-corrected chi connectivity index (χ3v) is 3.96. The van der Waals surface area contributed by atoms with Gasteiger partial charge in [0.2, 0.25) is 0 Å². The van der Waals surface area contributed by atoms with Crippen LogP contribution in [0.4, 0.5) is 15.9 Å². The Bertz CT molecular complexity index is 851. The number of pyridine rings is 2. The van der Waals surface area contributed by atoms with E-state index in [0.717, 1.165) is 17.7 Å². The zero-order chi connectivity index (χ0) is 18.4. The van der Waals surface area contributed by atoms with Crippen LogP contribution >= 0.6 is 0 Å². The second kappa shape index (κ2) is 8.20. The fourth-order valence-corrected chi connectivity index (χ4v) is 2.44. The highest BCUT2D eigenvalue weighted by Crippen LogP contribution is 2.15. The Hall–Kier alpha value is -3.28. The van der Waals surface area contributed by atoms with Crippen molar-refractivity contribution in [2.24, 2.45) is 0 Å². The van der Waals surface area contributed by atoms with Gasteiger partial charge in [0.05, 0.1) is 5.56 Å². The second-order valence-electron chi connectivity index (χ2n) is 5.90. The number of carbonyl (C=O) groups is 1. The van der Waals surface area contributed by atoms with Gasteiger partial charge in [-0.05, 0) is 60.5 Å². The summed E-state index contributed by atoms with van der Waals surface area (Å²) in [6.45, 7) is 0.610. The monoisotopic (exact) mass is 350 g/mol. The molecule has 26 heavy (non-hydrogen) atoms. The van der Waals surface area contributed by atoms with Crippen molar-refractivity contribution < 1.29 is 9.18 Å². The van der Waals surface area contributed by atoms with Crippen LogP contribution in [0.3, 0.4) is 0 Å². The second-order valence-corrected chi connectivity index (χ2v) is 5.90. The van der Waals surface area contributed by atoms with Crippen molar-refractivity contribution in [3.63, 3.8) is 0 Å². The van der Waals surface area contributed by atoms with Gasteiger partial charge in [0.1, 0.15) is 11.6 Å². The van der Waals surface area contributed by atoms with Crippen molar-refractivity contribution in [3.05, 3.63) is 84.1 Å². The van der Waals surface area contributed by atoms with E-state index in [-0.39, 0.29) is 11.7 Å². The fraction of sp³-hybridized carbons (Fsp3) is 0.150. The largest absolute Gasteiger partial charge is 0.341 e. The van der Waals surface area contributed by atoms with Crippen LogP contribution < -0.4 is 5.32 Å². The average molecular weight is 350 g/mol. The first kappa shape index (κ1) is 17.5. The molecule has 5 nitrogen and oxygen atoms in total. The molecule has 0 saturated heterocycles. The molecule has 0 fully saturated rings. The molecule has 3 aromatic rings. The predicted octanol–water partition coefficient (Wildman–Crippen LogP) is 3.67. The normalized spacial score (nSPS) is 10.4. The number of carbonyl (C=O) groups excluding carboxylic acids is 1. The number of likely N-dealkylation sites (N-methyl/N-ethyl adjacent to an activating group) is 1. The number of halogens is 1. The lowest BCUT2D eigenvalue weighted by Crippen LogP contribution is -2.28. The van der Waals surface area contributed by atoms with Crippen LogP contribution in [0, 0.1) is 5.82 Å². The van der Waals surface area contributed by atoms with E-state index in [9.17, 15) is 9.18 Å². The molecule has 0 saturated carbocycles. The van der Waals surface area contributed by atoms with E-state index in [4.69, 9.17) is 0 Å². The molecular weight excluding hydrogens is 331 g/mol. The summed E-state index contributed by atoms with van der Waals surface area (Å²) in [5, 5.41) is 3.06. The first-order chi connectivity index (χ1) is 12.6. The van der Waals surface area contributed by atoms with Crippen molar-refractivity contribution in [2.45, 2.75) is 6.42 Å². The van der Waals surface area contributed by atoms with E-state index in [1.54, 1.807) is 48.6 Å². The van der Waals surface area contributed by atoms with E-state index in [1.165, 1.54) is 18.3 Å². The van der Waals surface area contributed by atoms with Crippen LogP contribution in [0.15, 0.2) is 67.1 Å². The van der Waals surface area contributed by atoms with Gasteiger partial charge in [0, 0.05) is 37.9 Å². The Morgan fingerprint density at radius 2 is 1.81 bits per heavy atom. The topological polar surface area (TPSA) is 58.1 Å². The van der Waals surface area contributed by atoms with Gasteiger partial charge >= 0.3 is 0 Å². The molecule has 0 bridgehead atoms. The molecule has 0 aliphatic heterocycles. The van der Waals surface area contributed by atoms with Crippen LogP contribution in [0.25, 0.3) is 0 Å². The van der Waals surface area contributed by atoms with Gasteiger partial charge in [-0.15, -0.1) is 0 Å². The first-order valence-corrected chi connectivity index (χ1v) is 8.25. The summed E-state index contributed by atoms with van der Waals surface area (Å²) in [6.07, 6.45) is 5.79. The van der Waals surface area contributed by atoms with Crippen LogP contribution in [0.5, 0.6) is 0 Å². The smallest absolute Gasteiger partial charge is 0.255 e. The minimum absolute atomic E-state index is 0.0834. The Balaban J connectivity index is 1.58. The van der Waals surface area contributed by atoms with E-state index < -0.39 is 0 Å². The minimum Gasteiger partial charge on any atom is -0.341 e. The van der Waals surface area contributed by atoms with E-state index in [1.807, 2.05) is 12.1 Å². The lowest BCUT2D eigenvalue weighted by atomic mass is 10.2. The Kier molecular flexibility index (Phi) is 5.53. The van der Waals surface area contributed by atoms with E-state index in [0.29, 0.717) is 17.9 Å². The third kappa shape index (κ3) is 4.63. The van der Waals surface area contributed by atoms with E-state index in [2.05, 4.69) is 15.3 Å². The maximum Gasteiger partial charge on any atom is 0.255 e. The zero-order valence-corrected chi connectivity index (χ0v) is 14.4. The molecule has 0 spiro atoms. The molecule has 6 heteroatoms. The standard InChI is InChI=1S/C20H19FN4O/c1-25(13-10-15-8-11-22-12-9-15)20(26)16-2-7-19(23-14-16)24-18-5-3-17(21)4-6-18/h2-9,11-12,14H,10,13H2,1H3,(H,23,24). The van der Waals surface area contributed by atoms with Gasteiger partial charge in [0.15, 0.2) is 0 Å². The summed E-state index contributed by atoms with van der Waals surface area (Å²) in [6, 6.07) is 13.3. The highest BCUT2D eigenvalue weighted by atomic mass is 19.1. The number of aromatic nitrogens is 2. The molecule has 0 unspecified atom stereocenters. The van der Waals surface area contributed by atoms with Crippen molar-refractivity contribution in [2.75, 3.05) is 18.9 Å². The molecular formula is C20H19FN4O. The number of hydrogen-bond acceptors (Lipinski definition) is 4. The number of benzene rings is 1. The summed E-state index contributed by atoms with van der Waals surface area (Å²) in [7, 11) is 1.77. The van der Waals surface area contributed by atoms with Crippen LogP contribution in [0.1, 0.15) is 15.9 Å². The quantitative estimate of drug-likeness (QED) is 0.737. The maximum atomic E-state index is 12.9.